The Morgan fingerprint density at radius 3 is 2.74 bits per heavy atom. The molecule has 2 aromatic rings. The molecule has 27 heavy (non-hydrogen) atoms. The number of ether oxygens (including phenoxy) is 1. The van der Waals surface area contributed by atoms with Gasteiger partial charge >= 0.3 is 6.09 Å². The van der Waals surface area contributed by atoms with Crippen molar-refractivity contribution in [1.82, 2.24) is 15.3 Å². The first-order valence-electron chi connectivity index (χ1n) is 9.77. The molecular formula is C20H28N4O2S. The second-order valence-corrected chi connectivity index (χ2v) is 9.82. The van der Waals surface area contributed by atoms with Gasteiger partial charge in [-0.05, 0) is 64.9 Å². The molecule has 2 aliphatic carbocycles. The number of hydrogen-bond acceptors (Lipinski definition) is 6. The van der Waals surface area contributed by atoms with E-state index in [9.17, 15) is 4.79 Å². The zero-order valence-electron chi connectivity index (χ0n) is 16.5. The average molecular weight is 389 g/mol. The Morgan fingerprint density at radius 2 is 2.04 bits per heavy atom. The summed E-state index contributed by atoms with van der Waals surface area (Å²) in [6.45, 7) is 5.65. The molecule has 2 aromatic heterocycles. The third-order valence-electron chi connectivity index (χ3n) is 5.31. The predicted octanol–water partition coefficient (Wildman–Crippen LogP) is 4.45. The lowest BCUT2D eigenvalue weighted by Gasteiger charge is -2.26. The van der Waals surface area contributed by atoms with Crippen LogP contribution < -0.4 is 10.2 Å². The maximum atomic E-state index is 12.0. The van der Waals surface area contributed by atoms with Crippen molar-refractivity contribution >= 4 is 33.5 Å². The number of amides is 1. The van der Waals surface area contributed by atoms with Crippen LogP contribution in [0.5, 0.6) is 0 Å². The van der Waals surface area contributed by atoms with Gasteiger partial charge in [0.2, 0.25) is 0 Å². The van der Waals surface area contributed by atoms with Gasteiger partial charge in [0.15, 0.2) is 0 Å². The van der Waals surface area contributed by atoms with Crippen molar-refractivity contribution in [3.8, 4) is 0 Å². The van der Waals surface area contributed by atoms with Crippen LogP contribution in [0, 0.1) is 0 Å². The van der Waals surface area contributed by atoms with E-state index in [-0.39, 0.29) is 12.1 Å². The van der Waals surface area contributed by atoms with Gasteiger partial charge in [-0.1, -0.05) is 0 Å². The number of hydrogen-bond donors (Lipinski definition) is 1. The largest absolute Gasteiger partial charge is 0.444 e. The lowest BCUT2D eigenvalue weighted by Crippen LogP contribution is -2.39. The minimum absolute atomic E-state index is 0.147. The molecule has 0 aromatic carbocycles. The summed E-state index contributed by atoms with van der Waals surface area (Å²) in [6, 6.07) is 2.79. The van der Waals surface area contributed by atoms with E-state index in [1.807, 2.05) is 20.8 Å². The van der Waals surface area contributed by atoms with Crippen molar-refractivity contribution in [3.05, 3.63) is 17.3 Å². The SMILES string of the molecule is CN(c1ncnc2sc(C3CC3)cc12)C1CCC(NC(=O)OC(C)(C)C)C1. The first-order chi connectivity index (χ1) is 12.8. The number of thiophene rings is 1. The fraction of sp³-hybridized carbons (Fsp3) is 0.650. The Labute approximate surface area is 164 Å². The molecule has 6 nitrogen and oxygen atoms in total. The van der Waals surface area contributed by atoms with E-state index in [4.69, 9.17) is 4.74 Å². The fourth-order valence-electron chi connectivity index (χ4n) is 3.80. The van der Waals surface area contributed by atoms with Crippen LogP contribution in [-0.4, -0.2) is 40.8 Å². The number of nitrogens with zero attached hydrogens (tertiary/aromatic N) is 3. The average Bonchev–Trinajstić information content (AvgIpc) is 3.17. The van der Waals surface area contributed by atoms with Gasteiger partial charge in [0.25, 0.3) is 0 Å². The van der Waals surface area contributed by atoms with Gasteiger partial charge in [-0.15, -0.1) is 11.3 Å². The molecule has 0 aliphatic heterocycles. The summed E-state index contributed by atoms with van der Waals surface area (Å²) in [7, 11) is 2.11. The number of alkyl carbamates (subject to hydrolysis) is 1. The fourth-order valence-corrected chi connectivity index (χ4v) is 4.96. The topological polar surface area (TPSA) is 67.4 Å². The molecule has 0 spiro atoms. The van der Waals surface area contributed by atoms with Crippen LogP contribution in [0.4, 0.5) is 10.6 Å². The number of carbonyl (C=O) groups excluding carboxylic acids is 1. The van der Waals surface area contributed by atoms with E-state index in [1.54, 1.807) is 17.7 Å². The highest BCUT2D eigenvalue weighted by Gasteiger charge is 2.32. The lowest BCUT2D eigenvalue weighted by molar-refractivity contribution is 0.0505. The Kier molecular flexibility index (Phi) is 4.74. The van der Waals surface area contributed by atoms with E-state index in [0.717, 1.165) is 41.2 Å². The Bertz CT molecular complexity index is 840. The van der Waals surface area contributed by atoms with Crippen molar-refractivity contribution in [2.45, 2.75) is 76.5 Å². The summed E-state index contributed by atoms with van der Waals surface area (Å²) in [6.07, 6.45) is 6.83. The smallest absolute Gasteiger partial charge is 0.407 e. The van der Waals surface area contributed by atoms with Gasteiger partial charge in [0.1, 0.15) is 22.6 Å². The summed E-state index contributed by atoms with van der Waals surface area (Å²) < 4.78 is 5.39. The quantitative estimate of drug-likeness (QED) is 0.838. The molecular weight excluding hydrogens is 360 g/mol. The van der Waals surface area contributed by atoms with E-state index in [2.05, 4.69) is 33.3 Å². The third kappa shape index (κ3) is 4.18. The molecule has 0 saturated heterocycles. The number of rotatable bonds is 4. The number of anilines is 1. The molecule has 2 aliphatic rings. The van der Waals surface area contributed by atoms with Gasteiger partial charge in [-0.3, -0.25) is 0 Å². The minimum Gasteiger partial charge on any atom is -0.444 e. The molecule has 1 N–H and O–H groups in total. The number of nitrogens with one attached hydrogen (secondary N) is 1. The Morgan fingerprint density at radius 1 is 1.26 bits per heavy atom. The number of aromatic nitrogens is 2. The van der Waals surface area contributed by atoms with Crippen LogP contribution in [0.3, 0.4) is 0 Å². The molecule has 2 atom stereocenters. The van der Waals surface area contributed by atoms with Crippen molar-refractivity contribution in [2.24, 2.45) is 0 Å². The summed E-state index contributed by atoms with van der Waals surface area (Å²) in [5, 5.41) is 4.18. The van der Waals surface area contributed by atoms with Crippen LogP contribution in [0.15, 0.2) is 12.4 Å². The van der Waals surface area contributed by atoms with Gasteiger partial charge < -0.3 is 15.0 Å². The molecule has 4 rings (SSSR count). The maximum Gasteiger partial charge on any atom is 0.407 e. The van der Waals surface area contributed by atoms with Crippen LogP contribution in [0.1, 0.15) is 63.7 Å². The monoisotopic (exact) mass is 388 g/mol. The molecule has 146 valence electrons. The minimum atomic E-state index is -0.469. The van der Waals surface area contributed by atoms with Gasteiger partial charge in [-0.25, -0.2) is 14.8 Å². The Balaban J connectivity index is 1.44. The van der Waals surface area contributed by atoms with E-state index >= 15 is 0 Å². The van der Waals surface area contributed by atoms with Crippen molar-refractivity contribution < 1.29 is 9.53 Å². The molecule has 0 bridgehead atoms. The normalized spacial score (nSPS) is 22.8. The molecule has 7 heteroatoms. The van der Waals surface area contributed by atoms with Gasteiger partial charge in [0, 0.05) is 24.0 Å². The van der Waals surface area contributed by atoms with E-state index in [0.29, 0.717) is 6.04 Å². The molecule has 2 unspecified atom stereocenters. The predicted molar refractivity (Wildman–Crippen MR) is 109 cm³/mol. The molecule has 2 saturated carbocycles. The summed E-state index contributed by atoms with van der Waals surface area (Å²) in [5.74, 6) is 1.74. The van der Waals surface area contributed by atoms with Crippen molar-refractivity contribution in [3.63, 3.8) is 0 Å². The number of fused-ring (bicyclic) bond motifs is 1. The van der Waals surface area contributed by atoms with Crippen LogP contribution in [0.2, 0.25) is 0 Å². The van der Waals surface area contributed by atoms with Crippen LogP contribution in [-0.2, 0) is 4.74 Å². The first-order valence-corrected chi connectivity index (χ1v) is 10.6. The maximum absolute atomic E-state index is 12.0. The zero-order valence-corrected chi connectivity index (χ0v) is 17.3. The number of carbonyl (C=O) groups is 1. The Hall–Kier alpha value is -1.89. The standard InChI is InChI=1S/C20H28N4O2S/c1-20(2,3)26-19(25)23-13-7-8-14(9-13)24(4)17-15-10-16(12-5-6-12)27-18(15)22-11-21-17/h10-14H,5-9H2,1-4H3,(H,23,25). The first kappa shape index (κ1) is 18.5. The zero-order chi connectivity index (χ0) is 19.2. The third-order valence-corrected chi connectivity index (χ3v) is 6.52. The highest BCUT2D eigenvalue weighted by Crippen LogP contribution is 2.46. The van der Waals surface area contributed by atoms with Gasteiger partial charge in [0.05, 0.1) is 5.39 Å². The van der Waals surface area contributed by atoms with Crippen molar-refractivity contribution in [2.75, 3.05) is 11.9 Å². The second kappa shape index (κ2) is 6.93. The molecule has 2 heterocycles. The van der Waals surface area contributed by atoms with E-state index in [1.165, 1.54) is 17.7 Å². The van der Waals surface area contributed by atoms with Crippen molar-refractivity contribution in [1.29, 1.82) is 0 Å². The molecule has 0 radical (unpaired) electrons. The van der Waals surface area contributed by atoms with Gasteiger partial charge in [-0.2, -0.15) is 0 Å². The molecule has 2 fully saturated rings. The molecule has 1 amide bonds. The lowest BCUT2D eigenvalue weighted by atomic mass is 10.2. The van der Waals surface area contributed by atoms with Crippen LogP contribution in [0.25, 0.3) is 10.2 Å². The highest BCUT2D eigenvalue weighted by molar-refractivity contribution is 7.18. The van der Waals surface area contributed by atoms with Crippen LogP contribution >= 0.6 is 11.3 Å². The second-order valence-electron chi connectivity index (χ2n) is 8.76. The summed E-state index contributed by atoms with van der Waals surface area (Å²) in [5.41, 5.74) is -0.469. The van der Waals surface area contributed by atoms with E-state index < -0.39 is 5.60 Å². The highest BCUT2D eigenvalue weighted by atomic mass is 32.1. The summed E-state index contributed by atoms with van der Waals surface area (Å²) >= 11 is 1.80. The summed E-state index contributed by atoms with van der Waals surface area (Å²) in [4.78, 5) is 25.9.